The third kappa shape index (κ3) is 3.78. The smallest absolute Gasteiger partial charge is 0.338 e. The van der Waals surface area contributed by atoms with Crippen LogP contribution in [0.15, 0.2) is 36.7 Å². The molecule has 0 unspecified atom stereocenters. The highest BCUT2D eigenvalue weighted by Gasteiger charge is 2.17. The molecule has 2 rings (SSSR count). The number of rotatable bonds is 2. The molecule has 0 spiro atoms. The lowest BCUT2D eigenvalue weighted by Crippen LogP contribution is -2.23. The molecule has 1 aromatic heterocycles. The summed E-state index contributed by atoms with van der Waals surface area (Å²) in [6, 6.07) is 6.98. The Balaban J connectivity index is 2.20. The van der Waals surface area contributed by atoms with E-state index in [4.69, 9.17) is 16.3 Å². The lowest BCUT2D eigenvalue weighted by atomic mass is 10.1. The van der Waals surface area contributed by atoms with Crippen LogP contribution in [-0.4, -0.2) is 21.5 Å². The summed E-state index contributed by atoms with van der Waals surface area (Å²) in [7, 11) is 0. The van der Waals surface area contributed by atoms with Crippen molar-refractivity contribution in [2.24, 2.45) is 0 Å². The van der Waals surface area contributed by atoms with Crippen molar-refractivity contribution in [1.82, 2.24) is 9.97 Å². The molecule has 0 aliphatic rings. The Morgan fingerprint density at radius 1 is 1.15 bits per heavy atom. The van der Waals surface area contributed by atoms with Gasteiger partial charge in [0, 0.05) is 5.56 Å². The van der Waals surface area contributed by atoms with Crippen LogP contribution < -0.4 is 0 Å². The standard InChI is InChI=1S/C15H15ClN2O2/c1-15(2,3)20-14(19)11-6-4-10(5-7-11)12-8-17-9-13(16)18-12/h4-9H,1-3H3. The Hall–Kier alpha value is -1.94. The molecule has 5 heteroatoms. The summed E-state index contributed by atoms with van der Waals surface area (Å²) in [5.74, 6) is -0.346. The number of aromatic nitrogens is 2. The van der Waals surface area contributed by atoms with Gasteiger partial charge in [-0.05, 0) is 32.9 Å². The van der Waals surface area contributed by atoms with E-state index in [-0.39, 0.29) is 5.97 Å². The van der Waals surface area contributed by atoms with E-state index in [1.807, 2.05) is 20.8 Å². The third-order valence-corrected chi connectivity index (χ3v) is 2.60. The first kappa shape index (κ1) is 14.5. The number of halogens is 1. The molecular formula is C15H15ClN2O2. The maximum atomic E-state index is 11.9. The van der Waals surface area contributed by atoms with Gasteiger partial charge >= 0.3 is 5.97 Å². The van der Waals surface area contributed by atoms with Gasteiger partial charge in [-0.25, -0.2) is 9.78 Å². The monoisotopic (exact) mass is 290 g/mol. The minimum Gasteiger partial charge on any atom is -0.456 e. The first-order valence-corrected chi connectivity index (χ1v) is 6.54. The lowest BCUT2D eigenvalue weighted by Gasteiger charge is -2.19. The zero-order valence-corrected chi connectivity index (χ0v) is 12.3. The van der Waals surface area contributed by atoms with E-state index in [1.165, 1.54) is 6.20 Å². The van der Waals surface area contributed by atoms with Gasteiger partial charge in [-0.1, -0.05) is 23.7 Å². The highest BCUT2D eigenvalue weighted by atomic mass is 35.5. The van der Waals surface area contributed by atoms with Gasteiger partial charge in [-0.2, -0.15) is 0 Å². The normalized spacial score (nSPS) is 11.2. The van der Waals surface area contributed by atoms with Crippen LogP contribution in [0.5, 0.6) is 0 Å². The van der Waals surface area contributed by atoms with Crippen molar-refractivity contribution in [1.29, 1.82) is 0 Å². The predicted molar refractivity (Wildman–Crippen MR) is 77.6 cm³/mol. The van der Waals surface area contributed by atoms with Crippen molar-refractivity contribution >= 4 is 17.6 Å². The topological polar surface area (TPSA) is 52.1 Å². The second-order valence-corrected chi connectivity index (χ2v) is 5.69. The molecule has 0 saturated carbocycles. The molecule has 0 fully saturated rings. The van der Waals surface area contributed by atoms with Crippen LogP contribution in [-0.2, 0) is 4.74 Å². The minimum atomic E-state index is -0.506. The van der Waals surface area contributed by atoms with Gasteiger partial charge in [0.1, 0.15) is 10.8 Å². The zero-order chi connectivity index (χ0) is 14.8. The summed E-state index contributed by atoms with van der Waals surface area (Å²) in [6.45, 7) is 5.50. The van der Waals surface area contributed by atoms with Gasteiger partial charge in [0.05, 0.1) is 23.7 Å². The zero-order valence-electron chi connectivity index (χ0n) is 11.6. The van der Waals surface area contributed by atoms with Crippen LogP contribution in [0.1, 0.15) is 31.1 Å². The van der Waals surface area contributed by atoms with Crippen molar-refractivity contribution in [3.05, 3.63) is 47.4 Å². The number of carbonyl (C=O) groups excluding carboxylic acids is 1. The van der Waals surface area contributed by atoms with E-state index in [0.717, 1.165) is 5.56 Å². The van der Waals surface area contributed by atoms with Crippen molar-refractivity contribution < 1.29 is 9.53 Å². The molecule has 0 amide bonds. The first-order valence-electron chi connectivity index (χ1n) is 6.16. The number of ether oxygens (including phenoxy) is 1. The molecule has 4 nitrogen and oxygen atoms in total. The molecule has 0 atom stereocenters. The Bertz CT molecular complexity index is 619. The van der Waals surface area contributed by atoms with Crippen LogP contribution in [0, 0.1) is 0 Å². The average Bonchev–Trinajstić information content (AvgIpc) is 2.37. The van der Waals surface area contributed by atoms with Gasteiger partial charge in [-0.3, -0.25) is 4.98 Å². The van der Waals surface area contributed by atoms with Crippen molar-refractivity contribution in [3.63, 3.8) is 0 Å². The number of hydrogen-bond acceptors (Lipinski definition) is 4. The van der Waals surface area contributed by atoms with E-state index in [0.29, 0.717) is 16.4 Å². The van der Waals surface area contributed by atoms with E-state index in [1.54, 1.807) is 30.5 Å². The fraction of sp³-hybridized carbons (Fsp3) is 0.267. The molecular weight excluding hydrogens is 276 g/mol. The van der Waals surface area contributed by atoms with Crippen molar-refractivity contribution in [3.8, 4) is 11.3 Å². The minimum absolute atomic E-state index is 0.332. The van der Waals surface area contributed by atoms with E-state index in [2.05, 4.69) is 9.97 Å². The maximum Gasteiger partial charge on any atom is 0.338 e. The first-order chi connectivity index (χ1) is 9.35. The summed E-state index contributed by atoms with van der Waals surface area (Å²) in [5.41, 5.74) is 1.49. The predicted octanol–water partition coefficient (Wildman–Crippen LogP) is 3.75. The molecule has 2 aromatic rings. The van der Waals surface area contributed by atoms with Crippen LogP contribution >= 0.6 is 11.6 Å². The fourth-order valence-electron chi connectivity index (χ4n) is 1.60. The molecule has 104 valence electrons. The Morgan fingerprint density at radius 3 is 2.35 bits per heavy atom. The second-order valence-electron chi connectivity index (χ2n) is 5.31. The van der Waals surface area contributed by atoms with Gasteiger partial charge < -0.3 is 4.74 Å². The van der Waals surface area contributed by atoms with Gasteiger partial charge in [0.25, 0.3) is 0 Å². The number of nitrogens with zero attached hydrogens (tertiary/aromatic N) is 2. The third-order valence-electron chi connectivity index (χ3n) is 2.42. The molecule has 0 saturated heterocycles. The fourth-order valence-corrected chi connectivity index (χ4v) is 1.74. The van der Waals surface area contributed by atoms with E-state index in [9.17, 15) is 4.79 Å². The molecule has 0 aliphatic heterocycles. The Kier molecular flexibility index (Phi) is 4.04. The summed E-state index contributed by atoms with van der Waals surface area (Å²) in [5, 5.41) is 0.332. The van der Waals surface area contributed by atoms with Crippen LogP contribution in [0.3, 0.4) is 0 Å². The molecule has 20 heavy (non-hydrogen) atoms. The summed E-state index contributed by atoms with van der Waals surface area (Å²) >= 11 is 5.80. The lowest BCUT2D eigenvalue weighted by molar-refractivity contribution is 0.00696. The largest absolute Gasteiger partial charge is 0.456 e. The van der Waals surface area contributed by atoms with Crippen LogP contribution in [0.25, 0.3) is 11.3 Å². The number of hydrogen-bond donors (Lipinski definition) is 0. The van der Waals surface area contributed by atoms with E-state index >= 15 is 0 Å². The number of carbonyl (C=O) groups is 1. The van der Waals surface area contributed by atoms with Gasteiger partial charge in [0.15, 0.2) is 0 Å². The number of benzene rings is 1. The number of esters is 1. The SMILES string of the molecule is CC(C)(C)OC(=O)c1ccc(-c2cncc(Cl)n2)cc1. The highest BCUT2D eigenvalue weighted by Crippen LogP contribution is 2.19. The summed E-state index contributed by atoms with van der Waals surface area (Å²) in [6.07, 6.45) is 3.09. The van der Waals surface area contributed by atoms with Gasteiger partial charge in [-0.15, -0.1) is 0 Å². The van der Waals surface area contributed by atoms with Gasteiger partial charge in [0.2, 0.25) is 0 Å². The molecule has 1 heterocycles. The molecule has 0 radical (unpaired) electrons. The van der Waals surface area contributed by atoms with Crippen molar-refractivity contribution in [2.45, 2.75) is 26.4 Å². The molecule has 1 aromatic carbocycles. The second kappa shape index (κ2) is 5.59. The van der Waals surface area contributed by atoms with Crippen LogP contribution in [0.4, 0.5) is 0 Å². The Morgan fingerprint density at radius 2 is 1.80 bits per heavy atom. The molecule has 0 N–H and O–H groups in total. The van der Waals surface area contributed by atoms with Crippen LogP contribution in [0.2, 0.25) is 5.15 Å². The summed E-state index contributed by atoms with van der Waals surface area (Å²) in [4.78, 5) is 20.0. The Labute approximate surface area is 122 Å². The summed E-state index contributed by atoms with van der Waals surface area (Å²) < 4.78 is 5.30. The quantitative estimate of drug-likeness (QED) is 0.790. The molecule has 0 aliphatic carbocycles. The maximum absolute atomic E-state index is 11.9. The highest BCUT2D eigenvalue weighted by molar-refractivity contribution is 6.29. The molecule has 0 bridgehead atoms. The van der Waals surface area contributed by atoms with E-state index < -0.39 is 5.60 Å². The average molecular weight is 291 g/mol. The van der Waals surface area contributed by atoms with Crippen molar-refractivity contribution in [2.75, 3.05) is 0 Å².